The molecule has 2 aromatic carbocycles. The van der Waals surface area contributed by atoms with Crippen molar-refractivity contribution in [3.8, 4) is 0 Å². The number of carbonyl (C=O) groups excluding carboxylic acids is 6. The monoisotopic (exact) mass is 1020 g/mol. The van der Waals surface area contributed by atoms with Crippen molar-refractivity contribution >= 4 is 103 Å². The Morgan fingerprint density at radius 3 is 1.19 bits per heavy atom. The number of aromatic nitrogens is 2. The topological polar surface area (TPSA) is 407 Å². The largest absolute Gasteiger partial charge is 0.481 e. The highest BCUT2D eigenvalue weighted by Crippen LogP contribution is 2.25. The summed E-state index contributed by atoms with van der Waals surface area (Å²) in [7, 11) is 1.52. The first-order valence-corrected chi connectivity index (χ1v) is 23.5. The van der Waals surface area contributed by atoms with Gasteiger partial charge in [0.05, 0.1) is 13.1 Å². The molecule has 0 aliphatic carbocycles. The minimum absolute atomic E-state index is 0.280. The van der Waals surface area contributed by atoms with Crippen LogP contribution in [0.1, 0.15) is 36.8 Å². The van der Waals surface area contributed by atoms with Crippen LogP contribution >= 0.6 is 21.6 Å². The minimum atomic E-state index is -1.77. The van der Waals surface area contributed by atoms with Crippen molar-refractivity contribution in [2.45, 2.75) is 74.8 Å². The minimum Gasteiger partial charge on any atom is -0.481 e. The van der Waals surface area contributed by atoms with Crippen LogP contribution in [-0.2, 0) is 60.8 Å². The zero-order valence-electron chi connectivity index (χ0n) is 36.8. The van der Waals surface area contributed by atoms with E-state index in [1.54, 1.807) is 0 Å². The maximum absolute atomic E-state index is 14.2. The summed E-state index contributed by atoms with van der Waals surface area (Å²) in [6.45, 7) is -1.15. The van der Waals surface area contributed by atoms with Crippen molar-refractivity contribution in [1.82, 2.24) is 41.9 Å². The van der Waals surface area contributed by atoms with E-state index < -0.39 is 157 Å². The third-order valence-corrected chi connectivity index (χ3v) is 12.7. The average molecular weight is 1020 g/mol. The van der Waals surface area contributed by atoms with E-state index in [0.717, 1.165) is 21.6 Å². The molecule has 16 N–H and O–H groups in total. The number of fused-ring (bicyclic) bond motifs is 2. The molecule has 24 nitrogen and oxygen atoms in total. The number of carboxylic acid groups (broad SMARTS) is 4. The summed E-state index contributed by atoms with van der Waals surface area (Å²) in [5, 5.41) is 52.6. The molecule has 2 heterocycles. The van der Waals surface area contributed by atoms with Crippen LogP contribution in [-0.4, -0.2) is 151 Å². The van der Waals surface area contributed by atoms with E-state index in [0.29, 0.717) is 32.9 Å². The van der Waals surface area contributed by atoms with Gasteiger partial charge in [0.25, 0.3) is 0 Å². The number of carboxylic acids is 4. The fourth-order valence-corrected chi connectivity index (χ4v) is 9.07. The highest BCUT2D eigenvalue weighted by Gasteiger charge is 2.33. The van der Waals surface area contributed by atoms with Crippen molar-refractivity contribution < 1.29 is 77.2 Å². The SMILES string of the molecule is NCC(=O)N[C@H](Cc1c[nH]c2ccc(F)cc12)C(=O)N[C@@H](CSSC[C@H](NC(=O)[C@@H](Cc1c[nH]c2ccc(F)cc12)NC(=O)CN)C(=O)N[C@@H](CCC(=O)O)C(=O)O)C(=O)N[C@@H](CCC(=O)O)C(=O)O. The second-order valence-electron chi connectivity index (χ2n) is 15.4. The molecule has 70 heavy (non-hydrogen) atoms. The second kappa shape index (κ2) is 26.5. The molecule has 2 aromatic heterocycles. The number of hydrogen-bond donors (Lipinski definition) is 14. The molecule has 0 aliphatic rings. The Labute approximate surface area is 403 Å². The summed E-state index contributed by atoms with van der Waals surface area (Å²) in [5.41, 5.74) is 12.7. The van der Waals surface area contributed by atoms with Gasteiger partial charge in [-0.15, -0.1) is 0 Å². The van der Waals surface area contributed by atoms with Crippen LogP contribution in [0.15, 0.2) is 48.8 Å². The smallest absolute Gasteiger partial charge is 0.326 e. The van der Waals surface area contributed by atoms with E-state index in [2.05, 4.69) is 41.9 Å². The lowest BCUT2D eigenvalue weighted by Gasteiger charge is -2.25. The quantitative estimate of drug-likeness (QED) is 0.0225. The van der Waals surface area contributed by atoms with Crippen LogP contribution in [0.25, 0.3) is 21.8 Å². The van der Waals surface area contributed by atoms with E-state index in [1.165, 1.54) is 48.8 Å². The van der Waals surface area contributed by atoms with Gasteiger partial charge in [0, 0.05) is 71.4 Å². The summed E-state index contributed by atoms with van der Waals surface area (Å²) in [6, 6.07) is -2.21. The van der Waals surface area contributed by atoms with Gasteiger partial charge in [-0.1, -0.05) is 21.6 Å². The summed E-state index contributed by atoms with van der Waals surface area (Å²) in [4.78, 5) is 133. The maximum atomic E-state index is 14.2. The van der Waals surface area contributed by atoms with Crippen LogP contribution in [0.5, 0.6) is 0 Å². The third-order valence-electron chi connectivity index (χ3n) is 10.3. The lowest BCUT2D eigenvalue weighted by atomic mass is 10.0. The van der Waals surface area contributed by atoms with Crippen molar-refractivity contribution in [3.05, 3.63) is 71.6 Å². The molecular formula is C42H50F2N10O14S2. The average Bonchev–Trinajstić information content (AvgIpc) is 3.90. The van der Waals surface area contributed by atoms with Crippen LogP contribution in [0.3, 0.4) is 0 Å². The molecule has 4 aromatic rings. The molecule has 0 bridgehead atoms. The van der Waals surface area contributed by atoms with Crippen LogP contribution in [0.4, 0.5) is 8.78 Å². The molecule has 378 valence electrons. The molecule has 0 saturated heterocycles. The Bertz CT molecular complexity index is 2420. The second-order valence-corrected chi connectivity index (χ2v) is 18.0. The van der Waals surface area contributed by atoms with Gasteiger partial charge in [-0.05, 0) is 60.4 Å². The highest BCUT2D eigenvalue weighted by molar-refractivity contribution is 8.76. The molecule has 4 rings (SSSR count). The number of nitrogens with one attached hydrogen (secondary N) is 8. The Morgan fingerprint density at radius 2 is 0.857 bits per heavy atom. The number of H-pyrrole nitrogens is 2. The van der Waals surface area contributed by atoms with E-state index in [4.69, 9.17) is 21.7 Å². The number of nitrogens with two attached hydrogens (primary N) is 2. The van der Waals surface area contributed by atoms with Crippen LogP contribution in [0, 0.1) is 11.6 Å². The highest BCUT2D eigenvalue weighted by atomic mass is 33.1. The number of amides is 6. The number of rotatable bonds is 29. The molecule has 6 amide bonds. The number of aliphatic carboxylic acids is 4. The van der Waals surface area contributed by atoms with Gasteiger partial charge < -0.3 is 73.8 Å². The first-order chi connectivity index (χ1) is 33.2. The molecular weight excluding hydrogens is 971 g/mol. The normalized spacial score (nSPS) is 13.7. The molecule has 28 heteroatoms. The van der Waals surface area contributed by atoms with Crippen molar-refractivity contribution in [3.63, 3.8) is 0 Å². The Hall–Kier alpha value is -7.30. The molecule has 0 spiro atoms. The third kappa shape index (κ3) is 16.7. The molecule has 0 radical (unpaired) electrons. The van der Waals surface area contributed by atoms with E-state index >= 15 is 0 Å². The summed E-state index contributed by atoms with van der Waals surface area (Å²) in [5.74, 6) is -14.1. The molecule has 0 unspecified atom stereocenters. The zero-order chi connectivity index (χ0) is 51.7. The van der Waals surface area contributed by atoms with Crippen molar-refractivity contribution in [1.29, 1.82) is 0 Å². The number of halogens is 2. The fourth-order valence-electron chi connectivity index (χ4n) is 6.74. The van der Waals surface area contributed by atoms with E-state index in [-0.39, 0.29) is 12.8 Å². The maximum Gasteiger partial charge on any atom is 0.326 e. The Kier molecular flexibility index (Phi) is 20.9. The van der Waals surface area contributed by atoms with Gasteiger partial charge in [-0.2, -0.15) is 0 Å². The van der Waals surface area contributed by atoms with Gasteiger partial charge >= 0.3 is 23.9 Å². The number of aromatic amines is 2. The summed E-state index contributed by atoms with van der Waals surface area (Å²) < 4.78 is 28.5. The van der Waals surface area contributed by atoms with Gasteiger partial charge in [0.15, 0.2) is 0 Å². The molecule has 0 fully saturated rings. The zero-order valence-corrected chi connectivity index (χ0v) is 38.4. The Balaban J connectivity index is 1.62. The van der Waals surface area contributed by atoms with Gasteiger partial charge in [-0.25, -0.2) is 18.4 Å². The van der Waals surface area contributed by atoms with Gasteiger partial charge in [0.2, 0.25) is 35.4 Å². The van der Waals surface area contributed by atoms with Crippen molar-refractivity contribution in [2.75, 3.05) is 24.6 Å². The number of hydrogen-bond acceptors (Lipinski definition) is 14. The summed E-state index contributed by atoms with van der Waals surface area (Å²) in [6.07, 6.45) is -0.140. The lowest BCUT2D eigenvalue weighted by Crippen LogP contribution is -2.57. The van der Waals surface area contributed by atoms with Gasteiger partial charge in [0.1, 0.15) is 47.9 Å². The van der Waals surface area contributed by atoms with Crippen LogP contribution < -0.4 is 43.4 Å². The molecule has 0 aliphatic heterocycles. The predicted octanol–water partition coefficient (Wildman–Crippen LogP) is -1.18. The Morgan fingerprint density at radius 1 is 0.514 bits per heavy atom. The van der Waals surface area contributed by atoms with Crippen molar-refractivity contribution in [2.24, 2.45) is 11.5 Å². The summed E-state index contributed by atoms with van der Waals surface area (Å²) >= 11 is 0. The lowest BCUT2D eigenvalue weighted by molar-refractivity contribution is -0.144. The predicted molar refractivity (Wildman–Crippen MR) is 248 cm³/mol. The number of benzene rings is 2. The molecule has 6 atom stereocenters. The van der Waals surface area contributed by atoms with Crippen LogP contribution in [0.2, 0.25) is 0 Å². The van der Waals surface area contributed by atoms with E-state index in [9.17, 15) is 66.9 Å². The first-order valence-electron chi connectivity index (χ1n) is 21.0. The molecule has 0 saturated carbocycles. The standard InChI is InChI=1S/C42H50F2N10O14S2/c43-21-1-3-25-23(11-21)19(15-47-25)9-29(49-33(55)13-45)37(61)53-31(39(63)51-27(41(65)66)5-7-35(57)58)17-69-70-18-32(40(64)52-28(42(67)68)6-8-36(59)60)54-38(62)30(50-34(56)14-46)10-20-16-48-26-4-2-22(44)12-24(20)26/h1-4,11-12,15-16,27-32,47-48H,5-10,13-14,17-18,45-46H2,(H,49,55)(H,50,56)(H,51,63)(H,52,64)(H,53,61)(H,54,62)(H,57,58)(H,59,60)(H,65,66)(H,67,68)/t27-,28-,29+,30+,31-,32-/m0/s1. The number of carbonyl (C=O) groups is 10. The fraction of sp³-hybridized carbons (Fsp3) is 0.381. The van der Waals surface area contributed by atoms with Gasteiger partial charge in [-0.3, -0.25) is 38.4 Å². The first kappa shape index (κ1) is 55.3. The van der Waals surface area contributed by atoms with E-state index in [1.807, 2.05) is 0 Å².